The summed E-state index contributed by atoms with van der Waals surface area (Å²) >= 11 is 0. The molecule has 1 heterocycles. The summed E-state index contributed by atoms with van der Waals surface area (Å²) in [5, 5.41) is 14.4. The van der Waals surface area contributed by atoms with Crippen molar-refractivity contribution in [2.45, 2.75) is 59.5 Å². The molecule has 0 aliphatic carbocycles. The molecule has 6 heteroatoms. The fourth-order valence-electron chi connectivity index (χ4n) is 1.93. The van der Waals surface area contributed by atoms with E-state index in [2.05, 4.69) is 41.7 Å². The van der Waals surface area contributed by atoms with Crippen LogP contribution in [0, 0.1) is 5.92 Å². The molecule has 0 aliphatic rings. The number of unbranched alkanes of at least 4 members (excludes halogenated alkanes) is 2. The summed E-state index contributed by atoms with van der Waals surface area (Å²) < 4.78 is 1.63. The number of carbonyl (C=O) groups excluding carboxylic acids is 1. The van der Waals surface area contributed by atoms with Crippen molar-refractivity contribution in [3.05, 3.63) is 11.9 Å². The van der Waals surface area contributed by atoms with Gasteiger partial charge >= 0.3 is 0 Å². The van der Waals surface area contributed by atoms with Gasteiger partial charge in [-0.3, -0.25) is 4.79 Å². The van der Waals surface area contributed by atoms with Crippen LogP contribution in [0.5, 0.6) is 0 Å². The van der Waals surface area contributed by atoms with Crippen LogP contribution in [0.15, 0.2) is 6.20 Å². The van der Waals surface area contributed by atoms with Gasteiger partial charge in [0.25, 0.3) is 0 Å². The van der Waals surface area contributed by atoms with Crippen molar-refractivity contribution in [3.8, 4) is 0 Å². The number of aromatic nitrogens is 3. The maximum atomic E-state index is 12.0. The lowest BCUT2D eigenvalue weighted by molar-refractivity contribution is -0.124. The SMILES string of the molecule is CCCCCNC(=O)C(C)n1cc(CNCC(C)C)nn1. The first-order valence-electron chi connectivity index (χ1n) is 7.93. The largest absolute Gasteiger partial charge is 0.354 e. The van der Waals surface area contributed by atoms with E-state index in [9.17, 15) is 4.79 Å². The number of amides is 1. The van der Waals surface area contributed by atoms with Crippen molar-refractivity contribution in [3.63, 3.8) is 0 Å². The van der Waals surface area contributed by atoms with Gasteiger partial charge < -0.3 is 10.6 Å². The van der Waals surface area contributed by atoms with Gasteiger partial charge in [-0.15, -0.1) is 5.10 Å². The number of hydrogen-bond donors (Lipinski definition) is 2. The molecular weight excluding hydrogens is 266 g/mol. The van der Waals surface area contributed by atoms with E-state index in [-0.39, 0.29) is 11.9 Å². The van der Waals surface area contributed by atoms with Gasteiger partial charge in [-0.2, -0.15) is 0 Å². The second kappa shape index (κ2) is 9.50. The Kier molecular flexibility index (Phi) is 7.97. The molecule has 0 aromatic carbocycles. The molecule has 1 unspecified atom stereocenters. The Morgan fingerprint density at radius 1 is 1.33 bits per heavy atom. The van der Waals surface area contributed by atoms with Crippen LogP contribution >= 0.6 is 0 Å². The predicted octanol–water partition coefficient (Wildman–Crippen LogP) is 1.89. The first-order chi connectivity index (χ1) is 10.0. The van der Waals surface area contributed by atoms with Gasteiger partial charge in [0, 0.05) is 13.1 Å². The summed E-state index contributed by atoms with van der Waals surface area (Å²) in [6.07, 6.45) is 5.16. The molecule has 0 spiro atoms. The standard InChI is InChI=1S/C15H29N5O/c1-5-6-7-8-17-15(21)13(4)20-11-14(18-19-20)10-16-9-12(2)3/h11-13,16H,5-10H2,1-4H3,(H,17,21). The zero-order chi connectivity index (χ0) is 15.7. The maximum Gasteiger partial charge on any atom is 0.244 e. The van der Waals surface area contributed by atoms with E-state index < -0.39 is 0 Å². The Balaban J connectivity index is 2.38. The van der Waals surface area contributed by atoms with Crippen molar-refractivity contribution < 1.29 is 4.79 Å². The molecule has 0 radical (unpaired) electrons. The van der Waals surface area contributed by atoms with E-state index in [1.807, 2.05) is 13.1 Å². The van der Waals surface area contributed by atoms with Crippen LogP contribution in [-0.4, -0.2) is 34.0 Å². The van der Waals surface area contributed by atoms with Crippen molar-refractivity contribution in [2.75, 3.05) is 13.1 Å². The topological polar surface area (TPSA) is 71.8 Å². The molecular formula is C15H29N5O. The molecule has 1 aromatic rings. The Labute approximate surface area is 127 Å². The quantitative estimate of drug-likeness (QED) is 0.647. The normalized spacial score (nSPS) is 12.6. The van der Waals surface area contributed by atoms with Crippen LogP contribution in [0.25, 0.3) is 0 Å². The summed E-state index contributed by atoms with van der Waals surface area (Å²) in [7, 11) is 0. The van der Waals surface area contributed by atoms with E-state index >= 15 is 0 Å². The van der Waals surface area contributed by atoms with Gasteiger partial charge in [-0.1, -0.05) is 38.8 Å². The third-order valence-corrected chi connectivity index (χ3v) is 3.27. The van der Waals surface area contributed by atoms with E-state index in [1.165, 1.54) is 0 Å². The minimum absolute atomic E-state index is 0.00214. The molecule has 0 bridgehead atoms. The van der Waals surface area contributed by atoms with Crippen LogP contribution < -0.4 is 10.6 Å². The van der Waals surface area contributed by atoms with Crippen LogP contribution in [0.4, 0.5) is 0 Å². The van der Waals surface area contributed by atoms with E-state index in [0.717, 1.165) is 38.0 Å². The smallest absolute Gasteiger partial charge is 0.244 e. The van der Waals surface area contributed by atoms with Crippen LogP contribution in [0.2, 0.25) is 0 Å². The lowest BCUT2D eigenvalue weighted by Gasteiger charge is -2.11. The summed E-state index contributed by atoms with van der Waals surface area (Å²) in [4.78, 5) is 12.0. The van der Waals surface area contributed by atoms with Crippen LogP contribution in [-0.2, 0) is 11.3 Å². The van der Waals surface area contributed by atoms with Crippen LogP contribution in [0.3, 0.4) is 0 Å². The number of hydrogen-bond acceptors (Lipinski definition) is 4. The zero-order valence-electron chi connectivity index (χ0n) is 13.7. The average Bonchev–Trinajstić information content (AvgIpc) is 2.91. The first kappa shape index (κ1) is 17.6. The predicted molar refractivity (Wildman–Crippen MR) is 83.8 cm³/mol. The van der Waals surface area contributed by atoms with Crippen LogP contribution in [0.1, 0.15) is 58.7 Å². The first-order valence-corrected chi connectivity index (χ1v) is 7.93. The fourth-order valence-corrected chi connectivity index (χ4v) is 1.93. The molecule has 1 rings (SSSR count). The van der Waals surface area contributed by atoms with Gasteiger partial charge in [0.2, 0.25) is 5.91 Å². The highest BCUT2D eigenvalue weighted by Crippen LogP contribution is 2.05. The minimum Gasteiger partial charge on any atom is -0.354 e. The number of rotatable bonds is 10. The van der Waals surface area contributed by atoms with Crippen molar-refractivity contribution in [1.82, 2.24) is 25.6 Å². The second-order valence-corrected chi connectivity index (χ2v) is 5.89. The molecule has 0 saturated carbocycles. The highest BCUT2D eigenvalue weighted by molar-refractivity contribution is 5.79. The van der Waals surface area contributed by atoms with Gasteiger partial charge in [0.1, 0.15) is 6.04 Å². The molecule has 2 N–H and O–H groups in total. The fraction of sp³-hybridized carbons (Fsp3) is 0.800. The Bertz CT molecular complexity index is 416. The Hall–Kier alpha value is -1.43. The lowest BCUT2D eigenvalue weighted by Crippen LogP contribution is -2.32. The second-order valence-electron chi connectivity index (χ2n) is 5.89. The maximum absolute atomic E-state index is 12.0. The van der Waals surface area contributed by atoms with Gasteiger partial charge in [-0.25, -0.2) is 4.68 Å². The van der Waals surface area contributed by atoms with Gasteiger partial charge in [0.05, 0.1) is 11.9 Å². The monoisotopic (exact) mass is 295 g/mol. The van der Waals surface area contributed by atoms with E-state index in [4.69, 9.17) is 0 Å². The Morgan fingerprint density at radius 3 is 2.76 bits per heavy atom. The number of carbonyl (C=O) groups is 1. The van der Waals surface area contributed by atoms with Crippen molar-refractivity contribution in [1.29, 1.82) is 0 Å². The van der Waals surface area contributed by atoms with Crippen molar-refractivity contribution >= 4 is 5.91 Å². The molecule has 21 heavy (non-hydrogen) atoms. The highest BCUT2D eigenvalue weighted by Gasteiger charge is 2.16. The summed E-state index contributed by atoms with van der Waals surface area (Å²) in [6, 6.07) is -0.321. The molecule has 0 aliphatic heterocycles. The lowest BCUT2D eigenvalue weighted by atomic mass is 10.2. The van der Waals surface area contributed by atoms with E-state index in [0.29, 0.717) is 12.5 Å². The molecule has 1 aromatic heterocycles. The summed E-state index contributed by atoms with van der Waals surface area (Å²) in [5.74, 6) is 0.602. The third-order valence-electron chi connectivity index (χ3n) is 3.27. The average molecular weight is 295 g/mol. The number of nitrogens with zero attached hydrogens (tertiary/aromatic N) is 3. The summed E-state index contributed by atoms with van der Waals surface area (Å²) in [6.45, 7) is 10.7. The van der Waals surface area contributed by atoms with Gasteiger partial charge in [0.15, 0.2) is 0 Å². The molecule has 1 amide bonds. The van der Waals surface area contributed by atoms with E-state index in [1.54, 1.807) is 4.68 Å². The number of nitrogens with one attached hydrogen (secondary N) is 2. The third kappa shape index (κ3) is 6.71. The zero-order valence-corrected chi connectivity index (χ0v) is 13.7. The highest BCUT2D eigenvalue weighted by atomic mass is 16.2. The molecule has 6 nitrogen and oxygen atoms in total. The Morgan fingerprint density at radius 2 is 2.10 bits per heavy atom. The molecule has 120 valence electrons. The molecule has 1 atom stereocenters. The van der Waals surface area contributed by atoms with Gasteiger partial charge in [-0.05, 0) is 25.8 Å². The molecule has 0 saturated heterocycles. The summed E-state index contributed by atoms with van der Waals surface area (Å²) in [5.41, 5.74) is 0.862. The minimum atomic E-state index is -0.321. The molecule has 0 fully saturated rings. The van der Waals surface area contributed by atoms with Crippen molar-refractivity contribution in [2.24, 2.45) is 5.92 Å².